The van der Waals surface area contributed by atoms with Crippen molar-refractivity contribution in [1.82, 2.24) is 5.01 Å². The van der Waals surface area contributed by atoms with E-state index in [0.717, 1.165) is 41.7 Å². The summed E-state index contributed by atoms with van der Waals surface area (Å²) < 4.78 is 5.28. The highest BCUT2D eigenvalue weighted by atomic mass is 35.5. The molecule has 2 unspecified atom stereocenters. The molecule has 1 aliphatic carbocycles. The van der Waals surface area contributed by atoms with E-state index in [9.17, 15) is 14.4 Å². The van der Waals surface area contributed by atoms with Gasteiger partial charge < -0.3 is 4.74 Å². The maximum Gasteiger partial charge on any atom is 0.306 e. The van der Waals surface area contributed by atoms with E-state index in [-0.39, 0.29) is 30.6 Å². The normalized spacial score (nSPS) is 19.5. The van der Waals surface area contributed by atoms with Crippen LogP contribution in [-0.4, -0.2) is 35.0 Å². The van der Waals surface area contributed by atoms with Gasteiger partial charge >= 0.3 is 5.97 Å². The molecule has 200 valence electrons. The minimum absolute atomic E-state index is 0.00143. The minimum Gasteiger partial charge on any atom is -0.455 e. The molecule has 1 aromatic heterocycles. The zero-order valence-electron chi connectivity index (χ0n) is 21.0. The van der Waals surface area contributed by atoms with Crippen LogP contribution in [0, 0.1) is 5.92 Å². The number of halogens is 2. The van der Waals surface area contributed by atoms with Crippen molar-refractivity contribution < 1.29 is 19.1 Å². The van der Waals surface area contributed by atoms with Crippen molar-refractivity contribution in [3.63, 3.8) is 0 Å². The first-order valence-electron chi connectivity index (χ1n) is 12.7. The van der Waals surface area contributed by atoms with Crippen molar-refractivity contribution in [2.75, 3.05) is 6.61 Å². The Kier molecular flexibility index (Phi) is 8.60. The lowest BCUT2D eigenvalue weighted by molar-refractivity contribution is -0.153. The molecule has 0 radical (unpaired) electrons. The maximum atomic E-state index is 13.4. The second-order valence-electron chi connectivity index (χ2n) is 9.50. The molecule has 0 spiro atoms. The molecule has 0 saturated heterocycles. The van der Waals surface area contributed by atoms with Crippen molar-refractivity contribution in [2.24, 2.45) is 11.0 Å². The van der Waals surface area contributed by atoms with Gasteiger partial charge in [-0.2, -0.15) is 5.10 Å². The van der Waals surface area contributed by atoms with Crippen molar-refractivity contribution in [3.05, 3.63) is 97.7 Å². The SMILES string of the molecule is O=C(CCC(=O)c1cccs1)OCC(=O)N1N=C2/C(=C\c3ccc(Cl)cc3)CCCC2C1c1ccc(Cl)cc1. The summed E-state index contributed by atoms with van der Waals surface area (Å²) in [6.45, 7) is -0.449. The predicted octanol–water partition coefficient (Wildman–Crippen LogP) is 7.38. The maximum absolute atomic E-state index is 13.4. The lowest BCUT2D eigenvalue weighted by Crippen LogP contribution is -2.34. The Hall–Kier alpha value is -3.26. The molecule has 0 N–H and O–H groups in total. The standard InChI is InChI=1S/C30H26Cl2N2O4S/c31-22-10-6-19(7-11-22)17-21-3-1-4-24-29(21)33-34(30(24)20-8-12-23(32)13-9-20)27(36)18-38-28(37)15-14-25(35)26-5-2-16-39-26/h2,5-13,16-17,24,30H,1,3-4,14-15,18H2/b21-17-. The highest BCUT2D eigenvalue weighted by Crippen LogP contribution is 2.44. The number of benzene rings is 2. The predicted molar refractivity (Wildman–Crippen MR) is 154 cm³/mol. The van der Waals surface area contributed by atoms with Gasteiger partial charge in [-0.05, 0) is 77.8 Å². The van der Waals surface area contributed by atoms with Crippen LogP contribution in [0.1, 0.15) is 58.9 Å². The second kappa shape index (κ2) is 12.3. The molecule has 1 aliphatic heterocycles. The zero-order valence-corrected chi connectivity index (χ0v) is 23.3. The smallest absolute Gasteiger partial charge is 0.306 e. The molecular weight excluding hydrogens is 555 g/mol. The third-order valence-corrected chi connectivity index (χ3v) is 8.30. The van der Waals surface area contributed by atoms with Gasteiger partial charge in [0.25, 0.3) is 5.91 Å². The van der Waals surface area contributed by atoms with Crippen LogP contribution in [0.5, 0.6) is 0 Å². The van der Waals surface area contributed by atoms with E-state index in [2.05, 4.69) is 6.08 Å². The Morgan fingerprint density at radius 3 is 2.41 bits per heavy atom. The molecular formula is C30H26Cl2N2O4S. The number of nitrogens with zero attached hydrogens (tertiary/aromatic N) is 2. The summed E-state index contributed by atoms with van der Waals surface area (Å²) in [6.07, 6.45) is 4.73. The van der Waals surface area contributed by atoms with Crippen LogP contribution >= 0.6 is 34.5 Å². The number of hydrogen-bond acceptors (Lipinski definition) is 6. The molecule has 2 heterocycles. The van der Waals surface area contributed by atoms with Crippen LogP contribution in [0.4, 0.5) is 0 Å². The molecule has 1 saturated carbocycles. The van der Waals surface area contributed by atoms with Gasteiger partial charge in [-0.15, -0.1) is 11.3 Å². The van der Waals surface area contributed by atoms with Crippen LogP contribution in [0.3, 0.4) is 0 Å². The van der Waals surface area contributed by atoms with Crippen molar-refractivity contribution in [2.45, 2.75) is 38.1 Å². The van der Waals surface area contributed by atoms with Gasteiger partial charge in [0.1, 0.15) is 0 Å². The molecule has 3 aromatic rings. The minimum atomic E-state index is -0.594. The van der Waals surface area contributed by atoms with E-state index in [1.165, 1.54) is 16.3 Å². The number of hydrogen-bond donors (Lipinski definition) is 0. The molecule has 2 aliphatic rings. The van der Waals surface area contributed by atoms with Gasteiger partial charge in [0, 0.05) is 22.4 Å². The fraction of sp³-hybridized carbons (Fsp3) is 0.267. The first-order chi connectivity index (χ1) is 18.9. The summed E-state index contributed by atoms with van der Waals surface area (Å²) in [5.74, 6) is -1.13. The number of allylic oxidation sites excluding steroid dienone is 1. The number of ketones is 1. The Balaban J connectivity index is 1.33. The largest absolute Gasteiger partial charge is 0.455 e. The number of carbonyl (C=O) groups is 3. The summed E-state index contributed by atoms with van der Waals surface area (Å²) in [6, 6.07) is 18.2. The summed E-state index contributed by atoms with van der Waals surface area (Å²) in [5.41, 5.74) is 3.87. The lowest BCUT2D eigenvalue weighted by atomic mass is 9.77. The summed E-state index contributed by atoms with van der Waals surface area (Å²) >= 11 is 13.5. The van der Waals surface area contributed by atoms with Gasteiger partial charge in [0.2, 0.25) is 0 Å². The molecule has 2 atom stereocenters. The summed E-state index contributed by atoms with van der Waals surface area (Å²) in [7, 11) is 0. The molecule has 9 heteroatoms. The number of ether oxygens (including phenoxy) is 1. The van der Waals surface area contributed by atoms with Crippen LogP contribution in [0.2, 0.25) is 10.0 Å². The molecule has 1 fully saturated rings. The number of amides is 1. The average Bonchev–Trinajstić information content (AvgIpc) is 3.61. The van der Waals surface area contributed by atoms with Gasteiger partial charge in [0.05, 0.1) is 23.1 Å². The Labute approximate surface area is 240 Å². The number of esters is 1. The van der Waals surface area contributed by atoms with Crippen LogP contribution in [-0.2, 0) is 14.3 Å². The third-order valence-electron chi connectivity index (χ3n) is 6.89. The highest BCUT2D eigenvalue weighted by molar-refractivity contribution is 7.12. The molecule has 39 heavy (non-hydrogen) atoms. The van der Waals surface area contributed by atoms with E-state index in [0.29, 0.717) is 14.9 Å². The fourth-order valence-corrected chi connectivity index (χ4v) is 5.96. The molecule has 2 aromatic carbocycles. The van der Waals surface area contributed by atoms with Gasteiger partial charge in [-0.3, -0.25) is 14.4 Å². The number of Topliss-reactive ketones (excluding diaryl/α,β-unsaturated/α-hetero) is 1. The molecule has 5 rings (SSSR count). The number of thiophene rings is 1. The number of rotatable bonds is 8. The van der Waals surface area contributed by atoms with Gasteiger partial charge in [-0.25, -0.2) is 5.01 Å². The fourth-order valence-electron chi connectivity index (χ4n) is 5.02. The first-order valence-corrected chi connectivity index (χ1v) is 14.4. The van der Waals surface area contributed by atoms with Crippen LogP contribution in [0.15, 0.2) is 76.7 Å². The van der Waals surface area contributed by atoms with E-state index in [1.54, 1.807) is 24.3 Å². The second-order valence-corrected chi connectivity index (χ2v) is 11.3. The average molecular weight is 582 g/mol. The zero-order chi connectivity index (χ0) is 27.4. The first kappa shape index (κ1) is 27.3. The van der Waals surface area contributed by atoms with E-state index >= 15 is 0 Å². The highest BCUT2D eigenvalue weighted by Gasteiger charge is 2.43. The van der Waals surface area contributed by atoms with Crippen molar-refractivity contribution in [3.8, 4) is 0 Å². The lowest BCUT2D eigenvalue weighted by Gasteiger charge is -2.29. The van der Waals surface area contributed by atoms with Gasteiger partial charge in [-0.1, -0.05) is 53.5 Å². The Morgan fingerprint density at radius 2 is 1.72 bits per heavy atom. The van der Waals surface area contributed by atoms with E-state index < -0.39 is 18.5 Å². The van der Waals surface area contributed by atoms with E-state index in [4.69, 9.17) is 33.0 Å². The molecule has 0 bridgehead atoms. The van der Waals surface area contributed by atoms with Crippen molar-refractivity contribution in [1.29, 1.82) is 0 Å². The Morgan fingerprint density at radius 1 is 1.00 bits per heavy atom. The number of carbonyl (C=O) groups excluding carboxylic acids is 3. The van der Waals surface area contributed by atoms with Gasteiger partial charge in [0.15, 0.2) is 12.4 Å². The summed E-state index contributed by atoms with van der Waals surface area (Å²) in [5, 5.41) is 9.34. The van der Waals surface area contributed by atoms with E-state index in [1.807, 2.05) is 41.8 Å². The van der Waals surface area contributed by atoms with Crippen LogP contribution in [0.25, 0.3) is 6.08 Å². The quantitative estimate of drug-likeness (QED) is 0.205. The van der Waals surface area contributed by atoms with Crippen molar-refractivity contribution >= 4 is 64.0 Å². The number of hydrazone groups is 1. The molecule has 6 nitrogen and oxygen atoms in total. The Bertz CT molecular complexity index is 1420. The summed E-state index contributed by atoms with van der Waals surface area (Å²) in [4.78, 5) is 38.5. The third kappa shape index (κ3) is 6.49. The topological polar surface area (TPSA) is 76.0 Å². The monoisotopic (exact) mass is 580 g/mol. The molecule has 1 amide bonds. The number of fused-ring (bicyclic) bond motifs is 1. The van der Waals surface area contributed by atoms with Crippen LogP contribution < -0.4 is 0 Å².